The number of hydrogen-bond donors (Lipinski definition) is 0. The summed E-state index contributed by atoms with van der Waals surface area (Å²) < 4.78 is 15.5. The zero-order valence-electron chi connectivity index (χ0n) is 11.8. The van der Waals surface area contributed by atoms with Crippen LogP contribution in [0.4, 0.5) is 0 Å². The predicted octanol–water partition coefficient (Wildman–Crippen LogP) is 3.85. The van der Waals surface area contributed by atoms with Crippen molar-refractivity contribution in [3.05, 3.63) is 30.9 Å². The maximum atomic E-state index is 5.16. The highest BCUT2D eigenvalue weighted by atomic mass is 16.5. The van der Waals surface area contributed by atoms with Crippen LogP contribution in [0, 0.1) is 6.92 Å². The Hall–Kier alpha value is -1.64. The molecule has 3 heteroatoms. The van der Waals surface area contributed by atoms with E-state index >= 15 is 0 Å². The monoisotopic (exact) mass is 240 g/mol. The van der Waals surface area contributed by atoms with Gasteiger partial charge in [-0.05, 0) is 24.6 Å². The lowest BCUT2D eigenvalue weighted by molar-refractivity contribution is 0.324. The lowest BCUT2D eigenvalue weighted by Crippen LogP contribution is -1.95. The lowest BCUT2D eigenvalue weighted by Gasteiger charge is -2.12. The predicted molar refractivity (Wildman–Crippen MR) is 73.4 cm³/mol. The molecule has 0 radical (unpaired) electrons. The number of rotatable bonds is 3. The van der Waals surface area contributed by atoms with Gasteiger partial charge in [0.05, 0.1) is 21.3 Å². The highest BCUT2D eigenvalue weighted by Gasteiger charge is 2.10. The maximum absolute atomic E-state index is 5.16. The number of hydrogen-bond acceptors (Lipinski definition) is 3. The summed E-state index contributed by atoms with van der Waals surface area (Å²) in [4.78, 5) is 0. The van der Waals surface area contributed by atoms with Gasteiger partial charge in [-0.15, -0.1) is 13.2 Å². The minimum Gasteiger partial charge on any atom is -0.493 e. The molecule has 98 valence electrons. The van der Waals surface area contributed by atoms with Crippen LogP contribution in [0.15, 0.2) is 25.3 Å². The minimum absolute atomic E-state index is 0.635. The van der Waals surface area contributed by atoms with E-state index in [0.717, 1.165) is 5.56 Å². The van der Waals surface area contributed by atoms with Crippen LogP contribution in [0.25, 0.3) is 0 Å². The van der Waals surface area contributed by atoms with E-state index in [4.69, 9.17) is 14.2 Å². The van der Waals surface area contributed by atoms with Gasteiger partial charge in [0.1, 0.15) is 0 Å². The highest BCUT2D eigenvalue weighted by molar-refractivity contribution is 5.53. The molecular weight excluding hydrogens is 216 g/mol. The summed E-state index contributed by atoms with van der Waals surface area (Å²) in [6.07, 6.45) is 0. The molecule has 0 heterocycles. The van der Waals surface area contributed by atoms with Crippen LogP contribution in [0.3, 0.4) is 0 Å². The Bertz CT molecular complexity index is 283. The van der Waals surface area contributed by atoms with Crippen molar-refractivity contribution in [2.75, 3.05) is 21.3 Å². The molecule has 0 N–H and O–H groups in total. The first-order valence-electron chi connectivity index (χ1n) is 5.49. The molecule has 0 aromatic heterocycles. The highest BCUT2D eigenvalue weighted by Crippen LogP contribution is 2.37. The van der Waals surface area contributed by atoms with E-state index in [-0.39, 0.29) is 0 Å². The van der Waals surface area contributed by atoms with E-state index in [1.165, 1.54) is 0 Å². The number of benzene rings is 1. The maximum Gasteiger partial charge on any atom is 0.203 e. The van der Waals surface area contributed by atoms with Gasteiger partial charge in [-0.3, -0.25) is 0 Å². The molecule has 0 saturated carbocycles. The molecule has 17 heavy (non-hydrogen) atoms. The number of ether oxygens (including phenoxy) is 3. The van der Waals surface area contributed by atoms with Gasteiger partial charge in [-0.1, -0.05) is 13.8 Å². The SMILES string of the molecule is C=C.CC.COc1cc(C)cc(OC)c1OC. The molecular formula is C14H24O3. The minimum atomic E-state index is 0.635. The van der Waals surface area contributed by atoms with Gasteiger partial charge in [-0.2, -0.15) is 0 Å². The fraction of sp³-hybridized carbons (Fsp3) is 0.429. The first-order valence-corrected chi connectivity index (χ1v) is 5.49. The molecule has 1 rings (SSSR count). The molecule has 3 nitrogen and oxygen atoms in total. The molecule has 0 fully saturated rings. The molecule has 0 aliphatic rings. The normalized spacial score (nSPS) is 7.88. The molecule has 1 aromatic carbocycles. The van der Waals surface area contributed by atoms with E-state index in [2.05, 4.69) is 13.2 Å². The van der Waals surface area contributed by atoms with Gasteiger partial charge in [-0.25, -0.2) is 0 Å². The third kappa shape index (κ3) is 5.29. The van der Waals surface area contributed by atoms with Crippen molar-refractivity contribution in [1.82, 2.24) is 0 Å². The summed E-state index contributed by atoms with van der Waals surface area (Å²) in [6.45, 7) is 12.0. The van der Waals surface area contributed by atoms with Crippen LogP contribution >= 0.6 is 0 Å². The summed E-state index contributed by atoms with van der Waals surface area (Å²) >= 11 is 0. The average molecular weight is 240 g/mol. The van der Waals surface area contributed by atoms with Crippen LogP contribution < -0.4 is 14.2 Å². The molecule has 0 amide bonds. The van der Waals surface area contributed by atoms with Crippen molar-refractivity contribution < 1.29 is 14.2 Å². The second-order valence-electron chi connectivity index (χ2n) is 2.70. The second-order valence-corrected chi connectivity index (χ2v) is 2.70. The Labute approximate surface area is 105 Å². The first-order chi connectivity index (χ1) is 8.22. The summed E-state index contributed by atoms with van der Waals surface area (Å²) in [5.74, 6) is 2.02. The van der Waals surface area contributed by atoms with Gasteiger partial charge in [0.15, 0.2) is 11.5 Å². The summed E-state index contributed by atoms with van der Waals surface area (Å²) in [7, 11) is 4.81. The fourth-order valence-electron chi connectivity index (χ4n) is 1.21. The molecule has 0 saturated heterocycles. The zero-order chi connectivity index (χ0) is 13.8. The van der Waals surface area contributed by atoms with E-state index < -0.39 is 0 Å². The molecule has 0 unspecified atom stereocenters. The zero-order valence-corrected chi connectivity index (χ0v) is 11.8. The van der Waals surface area contributed by atoms with E-state index in [1.54, 1.807) is 21.3 Å². The Kier molecular flexibility index (Phi) is 11.3. The van der Waals surface area contributed by atoms with Crippen LogP contribution in [-0.4, -0.2) is 21.3 Å². The molecule has 0 aliphatic heterocycles. The van der Waals surface area contributed by atoms with Crippen molar-refractivity contribution in [1.29, 1.82) is 0 Å². The summed E-state index contributed by atoms with van der Waals surface area (Å²) in [5, 5.41) is 0. The van der Waals surface area contributed by atoms with Gasteiger partial charge >= 0.3 is 0 Å². The van der Waals surface area contributed by atoms with E-state index in [1.807, 2.05) is 32.9 Å². The summed E-state index contributed by atoms with van der Waals surface area (Å²) in [5.41, 5.74) is 1.08. The van der Waals surface area contributed by atoms with Crippen LogP contribution in [-0.2, 0) is 0 Å². The van der Waals surface area contributed by atoms with Crippen molar-refractivity contribution in [3.8, 4) is 17.2 Å². The van der Waals surface area contributed by atoms with Crippen LogP contribution in [0.1, 0.15) is 19.4 Å². The van der Waals surface area contributed by atoms with E-state index in [0.29, 0.717) is 17.2 Å². The smallest absolute Gasteiger partial charge is 0.203 e. The first kappa shape index (κ1) is 17.7. The van der Waals surface area contributed by atoms with Crippen molar-refractivity contribution in [2.45, 2.75) is 20.8 Å². The Morgan fingerprint density at radius 2 is 1.18 bits per heavy atom. The van der Waals surface area contributed by atoms with Crippen LogP contribution in [0.5, 0.6) is 17.2 Å². The lowest BCUT2D eigenvalue weighted by atomic mass is 10.2. The Morgan fingerprint density at radius 3 is 1.41 bits per heavy atom. The van der Waals surface area contributed by atoms with Gasteiger partial charge < -0.3 is 14.2 Å². The van der Waals surface area contributed by atoms with Crippen molar-refractivity contribution >= 4 is 0 Å². The Balaban J connectivity index is 0. The molecule has 0 bridgehead atoms. The molecule has 0 spiro atoms. The third-order valence-corrected chi connectivity index (χ3v) is 1.81. The third-order valence-electron chi connectivity index (χ3n) is 1.81. The van der Waals surface area contributed by atoms with Crippen molar-refractivity contribution in [2.24, 2.45) is 0 Å². The van der Waals surface area contributed by atoms with Crippen molar-refractivity contribution in [3.63, 3.8) is 0 Å². The molecule has 0 atom stereocenters. The second kappa shape index (κ2) is 10.9. The topological polar surface area (TPSA) is 27.7 Å². The Morgan fingerprint density at radius 1 is 0.824 bits per heavy atom. The van der Waals surface area contributed by atoms with Gasteiger partial charge in [0.2, 0.25) is 5.75 Å². The fourth-order valence-corrected chi connectivity index (χ4v) is 1.21. The standard InChI is InChI=1S/C10H14O3.C2H6.C2H4/c1-7-5-8(11-2)10(13-4)9(6-7)12-3;2*1-2/h5-6H,1-4H3;1-2H3;1-2H2. The summed E-state index contributed by atoms with van der Waals surface area (Å²) in [6, 6.07) is 3.81. The van der Waals surface area contributed by atoms with Gasteiger partial charge in [0, 0.05) is 0 Å². The largest absolute Gasteiger partial charge is 0.493 e. The number of methoxy groups -OCH3 is 3. The van der Waals surface area contributed by atoms with E-state index in [9.17, 15) is 0 Å². The quantitative estimate of drug-likeness (QED) is 0.751. The average Bonchev–Trinajstić information content (AvgIpc) is 2.42. The molecule has 1 aromatic rings. The molecule has 0 aliphatic carbocycles. The van der Waals surface area contributed by atoms with Crippen LogP contribution in [0.2, 0.25) is 0 Å². The van der Waals surface area contributed by atoms with Gasteiger partial charge in [0.25, 0.3) is 0 Å². The number of aryl methyl sites for hydroxylation is 1.